The molecule has 0 saturated carbocycles. The zero-order chi connectivity index (χ0) is 26.2. The minimum atomic E-state index is -1.36. The van der Waals surface area contributed by atoms with Gasteiger partial charge in [-0.3, -0.25) is 4.98 Å². The van der Waals surface area contributed by atoms with Crippen LogP contribution in [0.4, 0.5) is 0 Å². The maximum absolute atomic E-state index is 8.74. The number of aromatic nitrogens is 1. The van der Waals surface area contributed by atoms with Gasteiger partial charge in [0.25, 0.3) is 0 Å². The standard InChI is InChI=1S/C23H26N2S.C7H9BO2S/c1-17-4-3-14-25(17)15-13-21-9-5-20-16-19(8-12-23(20)24-21)18-6-10-22(26-2)11-7-18;1-11-7-4-2-6(3-5-7)8(9)10/h5-12,16-17H,3-4,13-15H2,1-2H3;2-5,9-10H,1H3/t17-;/m1./s1. The molecule has 2 heterocycles. The summed E-state index contributed by atoms with van der Waals surface area (Å²) in [5.74, 6) is 0. The summed E-state index contributed by atoms with van der Waals surface area (Å²) in [6, 6.07) is 27.7. The lowest BCUT2D eigenvalue weighted by atomic mass is 9.81. The molecule has 3 aromatic carbocycles. The molecule has 4 nitrogen and oxygen atoms in total. The van der Waals surface area contributed by atoms with Crippen LogP contribution >= 0.6 is 23.5 Å². The molecule has 0 unspecified atom stereocenters. The monoisotopic (exact) mass is 530 g/mol. The maximum atomic E-state index is 8.74. The summed E-state index contributed by atoms with van der Waals surface area (Å²) in [7, 11) is -1.36. The van der Waals surface area contributed by atoms with E-state index in [0.29, 0.717) is 5.46 Å². The van der Waals surface area contributed by atoms with Crippen LogP contribution in [-0.2, 0) is 6.42 Å². The first-order valence-electron chi connectivity index (χ1n) is 12.7. The van der Waals surface area contributed by atoms with Gasteiger partial charge >= 0.3 is 7.12 Å². The zero-order valence-corrected chi connectivity index (χ0v) is 23.4. The Balaban J connectivity index is 0.000000245. The minimum Gasteiger partial charge on any atom is -0.423 e. The Morgan fingerprint density at radius 1 is 0.865 bits per heavy atom. The van der Waals surface area contributed by atoms with E-state index in [-0.39, 0.29) is 0 Å². The van der Waals surface area contributed by atoms with Gasteiger partial charge in [-0.15, -0.1) is 23.5 Å². The van der Waals surface area contributed by atoms with E-state index in [4.69, 9.17) is 15.0 Å². The van der Waals surface area contributed by atoms with E-state index in [0.717, 1.165) is 29.4 Å². The predicted octanol–water partition coefficient (Wildman–Crippen LogP) is 5.74. The van der Waals surface area contributed by atoms with Crippen molar-refractivity contribution in [2.24, 2.45) is 0 Å². The topological polar surface area (TPSA) is 56.6 Å². The van der Waals surface area contributed by atoms with Crippen molar-refractivity contribution in [1.82, 2.24) is 9.88 Å². The summed E-state index contributed by atoms with van der Waals surface area (Å²) in [5, 5.41) is 18.7. The summed E-state index contributed by atoms with van der Waals surface area (Å²) < 4.78 is 0. The summed E-state index contributed by atoms with van der Waals surface area (Å²) in [4.78, 5) is 9.90. The molecule has 0 spiro atoms. The molecule has 1 fully saturated rings. The van der Waals surface area contributed by atoms with Gasteiger partial charge in [0.05, 0.1) is 5.52 Å². The highest BCUT2D eigenvalue weighted by Crippen LogP contribution is 2.26. The van der Waals surface area contributed by atoms with Gasteiger partial charge in [-0.2, -0.15) is 0 Å². The summed E-state index contributed by atoms with van der Waals surface area (Å²) >= 11 is 3.40. The lowest BCUT2D eigenvalue weighted by molar-refractivity contribution is 0.271. The molecule has 0 bridgehead atoms. The molecule has 2 N–H and O–H groups in total. The van der Waals surface area contributed by atoms with Gasteiger partial charge in [-0.1, -0.05) is 36.4 Å². The summed E-state index contributed by atoms with van der Waals surface area (Å²) in [6.07, 6.45) is 7.81. The van der Waals surface area contributed by atoms with Gasteiger partial charge in [0, 0.05) is 39.9 Å². The number of hydrogen-bond acceptors (Lipinski definition) is 6. The highest BCUT2D eigenvalue weighted by atomic mass is 32.2. The van der Waals surface area contributed by atoms with Gasteiger partial charge in [0.15, 0.2) is 0 Å². The molecule has 1 aromatic heterocycles. The molecule has 5 rings (SSSR count). The molecule has 0 radical (unpaired) electrons. The smallest absolute Gasteiger partial charge is 0.423 e. The Kier molecular flexibility index (Phi) is 10.1. The number of thioether (sulfide) groups is 2. The van der Waals surface area contributed by atoms with Crippen LogP contribution in [0.25, 0.3) is 22.0 Å². The number of likely N-dealkylation sites (tertiary alicyclic amines) is 1. The molecule has 1 aliphatic rings. The number of rotatable bonds is 7. The SMILES string of the molecule is CSc1ccc(-c2ccc3nc(CCN4CCC[C@H]4C)ccc3c2)cc1.CSc1ccc(B(O)O)cc1. The van der Waals surface area contributed by atoms with E-state index in [2.05, 4.69) is 72.7 Å². The third-order valence-corrected chi connectivity index (χ3v) is 8.42. The van der Waals surface area contributed by atoms with E-state index in [1.807, 2.05) is 18.4 Å². The lowest BCUT2D eigenvalue weighted by Gasteiger charge is -2.20. The molecule has 1 aliphatic heterocycles. The van der Waals surface area contributed by atoms with E-state index in [1.165, 1.54) is 46.5 Å². The Morgan fingerprint density at radius 3 is 2.11 bits per heavy atom. The fourth-order valence-corrected chi connectivity index (χ4v) is 5.45. The van der Waals surface area contributed by atoms with Gasteiger partial charge in [0.1, 0.15) is 0 Å². The van der Waals surface area contributed by atoms with Crippen LogP contribution in [-0.4, -0.2) is 58.7 Å². The fourth-order valence-electron chi connectivity index (χ4n) is 4.63. The number of hydrogen-bond donors (Lipinski definition) is 2. The van der Waals surface area contributed by atoms with Crippen molar-refractivity contribution in [3.63, 3.8) is 0 Å². The number of pyridine rings is 1. The van der Waals surface area contributed by atoms with E-state index in [1.54, 1.807) is 35.7 Å². The molecule has 1 atom stereocenters. The van der Waals surface area contributed by atoms with Gasteiger partial charge in [-0.05, 0) is 97.9 Å². The van der Waals surface area contributed by atoms with Crippen LogP contribution in [0.5, 0.6) is 0 Å². The average Bonchev–Trinajstić information content (AvgIpc) is 3.36. The second-order valence-electron chi connectivity index (χ2n) is 9.36. The Morgan fingerprint density at radius 2 is 1.51 bits per heavy atom. The van der Waals surface area contributed by atoms with E-state index < -0.39 is 7.12 Å². The van der Waals surface area contributed by atoms with Crippen molar-refractivity contribution < 1.29 is 10.0 Å². The van der Waals surface area contributed by atoms with Crippen molar-refractivity contribution in [2.75, 3.05) is 25.6 Å². The van der Waals surface area contributed by atoms with Crippen LogP contribution in [0.3, 0.4) is 0 Å². The first kappa shape index (κ1) is 27.7. The van der Waals surface area contributed by atoms with E-state index in [9.17, 15) is 0 Å². The first-order valence-corrected chi connectivity index (χ1v) is 15.2. The molecule has 0 amide bonds. The normalized spacial score (nSPS) is 15.4. The quantitative estimate of drug-likeness (QED) is 0.235. The van der Waals surface area contributed by atoms with Gasteiger partial charge < -0.3 is 14.9 Å². The fraction of sp³-hybridized carbons (Fsp3) is 0.300. The largest absolute Gasteiger partial charge is 0.488 e. The van der Waals surface area contributed by atoms with Crippen LogP contribution in [0.2, 0.25) is 0 Å². The Hall–Kier alpha value is -2.29. The highest BCUT2D eigenvalue weighted by Gasteiger charge is 2.19. The van der Waals surface area contributed by atoms with Gasteiger partial charge in [-0.25, -0.2) is 0 Å². The van der Waals surface area contributed by atoms with Crippen LogP contribution < -0.4 is 5.46 Å². The predicted molar refractivity (Wildman–Crippen MR) is 161 cm³/mol. The third-order valence-electron chi connectivity index (χ3n) is 6.93. The first-order chi connectivity index (χ1) is 18.0. The molecule has 0 aliphatic carbocycles. The summed E-state index contributed by atoms with van der Waals surface area (Å²) in [6.45, 7) is 4.71. The molecular weight excluding hydrogens is 495 g/mol. The lowest BCUT2D eigenvalue weighted by Crippen LogP contribution is -2.29. The number of benzene rings is 3. The molecule has 192 valence electrons. The van der Waals surface area contributed by atoms with Crippen molar-refractivity contribution in [3.8, 4) is 11.1 Å². The average molecular weight is 531 g/mol. The van der Waals surface area contributed by atoms with Gasteiger partial charge in [0.2, 0.25) is 0 Å². The molecule has 1 saturated heterocycles. The van der Waals surface area contributed by atoms with E-state index >= 15 is 0 Å². The molecule has 4 aromatic rings. The van der Waals surface area contributed by atoms with Crippen molar-refractivity contribution >= 4 is 47.0 Å². The second kappa shape index (κ2) is 13.5. The van der Waals surface area contributed by atoms with Crippen LogP contribution in [0.15, 0.2) is 88.7 Å². The van der Waals surface area contributed by atoms with Crippen molar-refractivity contribution in [1.29, 1.82) is 0 Å². The molecular formula is C30H35BN2O2S2. The third kappa shape index (κ3) is 7.62. The van der Waals surface area contributed by atoms with Crippen LogP contribution in [0, 0.1) is 0 Å². The van der Waals surface area contributed by atoms with Crippen LogP contribution in [0.1, 0.15) is 25.5 Å². The Labute approximate surface area is 229 Å². The Bertz CT molecular complexity index is 1280. The minimum absolute atomic E-state index is 0.530. The second-order valence-corrected chi connectivity index (χ2v) is 11.1. The molecule has 7 heteroatoms. The number of fused-ring (bicyclic) bond motifs is 1. The zero-order valence-electron chi connectivity index (χ0n) is 21.8. The highest BCUT2D eigenvalue weighted by molar-refractivity contribution is 7.98. The van der Waals surface area contributed by atoms with Crippen molar-refractivity contribution in [2.45, 2.75) is 42.0 Å². The maximum Gasteiger partial charge on any atom is 0.488 e. The summed E-state index contributed by atoms with van der Waals surface area (Å²) in [5.41, 5.74) is 5.35. The molecule has 37 heavy (non-hydrogen) atoms. The van der Waals surface area contributed by atoms with Crippen molar-refractivity contribution in [3.05, 3.63) is 84.6 Å². The number of nitrogens with zero attached hydrogens (tertiary/aromatic N) is 2.